The Morgan fingerprint density at radius 3 is 2.47 bits per heavy atom. The summed E-state index contributed by atoms with van der Waals surface area (Å²) in [5.41, 5.74) is -0.569. The Kier molecular flexibility index (Phi) is 3.80. The van der Waals surface area contributed by atoms with E-state index in [-0.39, 0.29) is 0 Å². The molecule has 0 saturated carbocycles. The highest BCUT2D eigenvalue weighted by molar-refractivity contribution is 9.10. The first kappa shape index (κ1) is 13.9. The molecule has 0 spiro atoms. The lowest BCUT2D eigenvalue weighted by Crippen LogP contribution is -2.26. The van der Waals surface area contributed by atoms with Crippen LogP contribution in [-0.2, 0) is 4.74 Å². The number of benzene rings is 2. The van der Waals surface area contributed by atoms with Gasteiger partial charge in [-0.2, -0.15) is 0 Å². The van der Waals surface area contributed by atoms with Gasteiger partial charge in [-0.05, 0) is 53.5 Å². The lowest BCUT2D eigenvalue weighted by atomic mass is 10.1. The van der Waals surface area contributed by atoms with Gasteiger partial charge in [-0.3, -0.25) is 0 Å². The lowest BCUT2D eigenvalue weighted by Gasteiger charge is -2.19. The van der Waals surface area contributed by atoms with Crippen LogP contribution in [0.1, 0.15) is 20.8 Å². The Morgan fingerprint density at radius 2 is 1.79 bits per heavy atom. The molecule has 3 nitrogen and oxygen atoms in total. The van der Waals surface area contributed by atoms with Crippen molar-refractivity contribution in [2.75, 3.05) is 0 Å². The number of carbonyl (C=O) groups is 1. The van der Waals surface area contributed by atoms with Crippen LogP contribution >= 0.6 is 15.9 Å². The van der Waals surface area contributed by atoms with Gasteiger partial charge in [-0.15, -0.1) is 0 Å². The van der Waals surface area contributed by atoms with Gasteiger partial charge in [-0.25, -0.2) is 4.79 Å². The van der Waals surface area contributed by atoms with E-state index in [9.17, 15) is 4.79 Å². The fourth-order valence-electron chi connectivity index (χ4n) is 1.65. The summed E-state index contributed by atoms with van der Waals surface area (Å²) in [4.78, 5) is 11.7. The van der Waals surface area contributed by atoms with E-state index >= 15 is 0 Å². The van der Waals surface area contributed by atoms with E-state index in [0.717, 1.165) is 15.2 Å². The summed E-state index contributed by atoms with van der Waals surface area (Å²) < 4.78 is 11.1. The van der Waals surface area contributed by atoms with Crippen LogP contribution < -0.4 is 4.74 Å². The standard InChI is InChI=1S/C15H15BrO3/c1-15(2,3)19-14(17)18-12-9-8-10-6-4-5-7-11(10)13(12)16/h4-9H,1-3H3. The molecule has 2 rings (SSSR count). The van der Waals surface area contributed by atoms with Gasteiger partial charge in [0.15, 0.2) is 0 Å². The fourth-order valence-corrected chi connectivity index (χ4v) is 2.23. The molecule has 0 aromatic heterocycles. The van der Waals surface area contributed by atoms with Gasteiger partial charge >= 0.3 is 6.16 Å². The average molecular weight is 323 g/mol. The summed E-state index contributed by atoms with van der Waals surface area (Å²) in [5, 5.41) is 2.06. The second-order valence-electron chi connectivity index (χ2n) is 5.17. The summed E-state index contributed by atoms with van der Waals surface area (Å²) in [6, 6.07) is 11.5. The summed E-state index contributed by atoms with van der Waals surface area (Å²) in [7, 11) is 0. The molecule has 0 aliphatic rings. The van der Waals surface area contributed by atoms with Crippen LogP contribution in [0.15, 0.2) is 40.9 Å². The molecule has 4 heteroatoms. The van der Waals surface area contributed by atoms with Crippen molar-refractivity contribution in [1.29, 1.82) is 0 Å². The molecule has 0 saturated heterocycles. The molecule has 100 valence electrons. The second kappa shape index (κ2) is 5.21. The molecule has 2 aromatic rings. The van der Waals surface area contributed by atoms with Crippen LogP contribution in [0, 0.1) is 0 Å². The van der Waals surface area contributed by atoms with Crippen LogP contribution in [0.3, 0.4) is 0 Å². The van der Waals surface area contributed by atoms with Gasteiger partial charge in [0.2, 0.25) is 0 Å². The quantitative estimate of drug-likeness (QED) is 0.552. The molecule has 0 bridgehead atoms. The minimum Gasteiger partial charge on any atom is -0.428 e. The second-order valence-corrected chi connectivity index (χ2v) is 5.96. The number of hydrogen-bond donors (Lipinski definition) is 0. The third-order valence-electron chi connectivity index (χ3n) is 2.41. The molecule has 0 radical (unpaired) electrons. The zero-order chi connectivity index (χ0) is 14.0. The molecule has 0 heterocycles. The first-order valence-corrected chi connectivity index (χ1v) is 6.74. The van der Waals surface area contributed by atoms with Crippen LogP contribution in [0.5, 0.6) is 5.75 Å². The van der Waals surface area contributed by atoms with Crippen molar-refractivity contribution in [3.63, 3.8) is 0 Å². The highest BCUT2D eigenvalue weighted by Gasteiger charge is 2.19. The summed E-state index contributed by atoms with van der Waals surface area (Å²) in [5.74, 6) is 0.452. The maximum absolute atomic E-state index is 11.7. The Bertz CT molecular complexity index is 614. The van der Waals surface area contributed by atoms with E-state index in [4.69, 9.17) is 9.47 Å². The molecule has 0 unspecified atom stereocenters. The Morgan fingerprint density at radius 1 is 1.11 bits per heavy atom. The molecule has 19 heavy (non-hydrogen) atoms. The minimum absolute atomic E-state index is 0.452. The zero-order valence-electron chi connectivity index (χ0n) is 11.1. The van der Waals surface area contributed by atoms with Crippen LogP contribution in [-0.4, -0.2) is 11.8 Å². The number of halogens is 1. The van der Waals surface area contributed by atoms with Gasteiger partial charge in [0.1, 0.15) is 11.4 Å². The topological polar surface area (TPSA) is 35.5 Å². The normalized spacial score (nSPS) is 11.4. The molecule has 0 atom stereocenters. The molecular formula is C15H15BrO3. The van der Waals surface area contributed by atoms with Gasteiger partial charge in [0.05, 0.1) is 4.47 Å². The lowest BCUT2D eigenvalue weighted by molar-refractivity contribution is 0.0205. The highest BCUT2D eigenvalue weighted by Crippen LogP contribution is 2.33. The monoisotopic (exact) mass is 322 g/mol. The predicted octanol–water partition coefficient (Wildman–Crippen LogP) is 4.92. The number of rotatable bonds is 1. The Hall–Kier alpha value is -1.55. The molecule has 0 amide bonds. The molecule has 2 aromatic carbocycles. The molecule has 0 aliphatic heterocycles. The van der Waals surface area contributed by atoms with Crippen molar-refractivity contribution < 1.29 is 14.3 Å². The van der Waals surface area contributed by atoms with Crippen LogP contribution in [0.25, 0.3) is 10.8 Å². The van der Waals surface area contributed by atoms with Crippen molar-refractivity contribution in [3.8, 4) is 5.75 Å². The first-order chi connectivity index (χ1) is 8.87. The molecular weight excluding hydrogens is 308 g/mol. The Balaban J connectivity index is 2.26. The first-order valence-electron chi connectivity index (χ1n) is 5.95. The minimum atomic E-state index is -0.705. The van der Waals surface area contributed by atoms with E-state index in [1.54, 1.807) is 26.8 Å². The average Bonchev–Trinajstić information content (AvgIpc) is 2.31. The summed E-state index contributed by atoms with van der Waals surface area (Å²) in [6.45, 7) is 5.39. The van der Waals surface area contributed by atoms with Gasteiger partial charge in [0, 0.05) is 0 Å². The maximum Gasteiger partial charge on any atom is 0.514 e. The van der Waals surface area contributed by atoms with Crippen molar-refractivity contribution in [2.24, 2.45) is 0 Å². The van der Waals surface area contributed by atoms with E-state index in [2.05, 4.69) is 15.9 Å². The Labute approximate surface area is 120 Å². The van der Waals surface area contributed by atoms with Crippen LogP contribution in [0.2, 0.25) is 0 Å². The van der Waals surface area contributed by atoms with Crippen molar-refractivity contribution in [1.82, 2.24) is 0 Å². The van der Waals surface area contributed by atoms with E-state index in [1.807, 2.05) is 30.3 Å². The van der Waals surface area contributed by atoms with Crippen molar-refractivity contribution in [2.45, 2.75) is 26.4 Å². The van der Waals surface area contributed by atoms with Gasteiger partial charge in [-0.1, -0.05) is 30.3 Å². The number of carbonyl (C=O) groups excluding carboxylic acids is 1. The molecule has 0 fully saturated rings. The summed E-state index contributed by atoms with van der Waals surface area (Å²) in [6.07, 6.45) is -0.705. The largest absolute Gasteiger partial charge is 0.514 e. The third-order valence-corrected chi connectivity index (χ3v) is 3.23. The third kappa shape index (κ3) is 3.47. The number of ether oxygens (including phenoxy) is 2. The van der Waals surface area contributed by atoms with Crippen LogP contribution in [0.4, 0.5) is 4.79 Å². The van der Waals surface area contributed by atoms with Crippen molar-refractivity contribution in [3.05, 3.63) is 40.9 Å². The maximum atomic E-state index is 11.7. The van der Waals surface area contributed by atoms with Gasteiger partial charge < -0.3 is 9.47 Å². The number of fused-ring (bicyclic) bond motifs is 1. The summed E-state index contributed by atoms with van der Waals surface area (Å²) >= 11 is 3.46. The van der Waals surface area contributed by atoms with E-state index < -0.39 is 11.8 Å². The zero-order valence-corrected chi connectivity index (χ0v) is 12.7. The van der Waals surface area contributed by atoms with E-state index in [1.165, 1.54) is 0 Å². The predicted molar refractivity (Wildman–Crippen MR) is 78.5 cm³/mol. The highest BCUT2D eigenvalue weighted by atomic mass is 79.9. The SMILES string of the molecule is CC(C)(C)OC(=O)Oc1ccc2ccccc2c1Br. The molecule has 0 N–H and O–H groups in total. The fraction of sp³-hybridized carbons (Fsp3) is 0.267. The van der Waals surface area contributed by atoms with E-state index in [0.29, 0.717) is 5.75 Å². The molecule has 0 aliphatic carbocycles. The van der Waals surface area contributed by atoms with Gasteiger partial charge in [0.25, 0.3) is 0 Å². The smallest absolute Gasteiger partial charge is 0.428 e. The number of hydrogen-bond acceptors (Lipinski definition) is 3. The van der Waals surface area contributed by atoms with Crippen molar-refractivity contribution >= 4 is 32.9 Å².